The van der Waals surface area contributed by atoms with Crippen molar-refractivity contribution in [1.82, 2.24) is 9.97 Å². The van der Waals surface area contributed by atoms with E-state index in [9.17, 15) is 4.79 Å². The molecule has 5 nitrogen and oxygen atoms in total. The van der Waals surface area contributed by atoms with Gasteiger partial charge in [0.25, 0.3) is 5.91 Å². The first kappa shape index (κ1) is 16.4. The topological polar surface area (TPSA) is 69.8 Å². The van der Waals surface area contributed by atoms with E-state index in [2.05, 4.69) is 45.0 Å². The number of nitrogens with one attached hydrogen (secondary N) is 3. The second-order valence-corrected chi connectivity index (χ2v) is 6.85. The van der Waals surface area contributed by atoms with E-state index in [1.807, 2.05) is 29.6 Å². The summed E-state index contributed by atoms with van der Waals surface area (Å²) < 4.78 is 0. The number of anilines is 2. The van der Waals surface area contributed by atoms with Gasteiger partial charge in [-0.3, -0.25) is 4.79 Å². The Morgan fingerprint density at radius 3 is 2.85 bits per heavy atom. The van der Waals surface area contributed by atoms with Crippen LogP contribution >= 0.6 is 11.3 Å². The second kappa shape index (κ2) is 7.41. The first-order chi connectivity index (χ1) is 12.8. The van der Waals surface area contributed by atoms with Crippen molar-refractivity contribution >= 4 is 39.7 Å². The smallest absolute Gasteiger partial charge is 0.265 e. The highest BCUT2D eigenvalue weighted by Gasteiger charge is 2.07. The summed E-state index contributed by atoms with van der Waals surface area (Å²) in [5, 5.41) is 9.31. The maximum absolute atomic E-state index is 12.0. The van der Waals surface area contributed by atoms with Crippen LogP contribution in [-0.2, 0) is 6.42 Å². The van der Waals surface area contributed by atoms with Gasteiger partial charge in [0.15, 0.2) is 0 Å². The van der Waals surface area contributed by atoms with Crippen molar-refractivity contribution in [3.63, 3.8) is 0 Å². The quantitative estimate of drug-likeness (QED) is 0.472. The molecule has 3 heterocycles. The Balaban J connectivity index is 1.32. The van der Waals surface area contributed by atoms with E-state index in [1.54, 1.807) is 12.3 Å². The minimum Gasteiger partial charge on any atom is -0.370 e. The molecule has 0 unspecified atom stereocenters. The Kier molecular flexibility index (Phi) is 4.66. The molecule has 26 heavy (non-hydrogen) atoms. The third kappa shape index (κ3) is 3.60. The number of nitrogens with zero attached hydrogens (tertiary/aromatic N) is 1. The van der Waals surface area contributed by atoms with Crippen LogP contribution in [0.15, 0.2) is 66.3 Å². The molecule has 0 bridgehead atoms. The molecule has 0 fully saturated rings. The molecular formula is C20H18N4OS. The standard InChI is InChI=1S/C20H18N4OS/c25-20(18-6-3-11-26-18)24-15-7-8-19(23-13-15)21-10-9-14-12-22-17-5-2-1-4-16(14)17/h1-8,11-13,22H,9-10H2,(H,21,23)(H,24,25). The second-order valence-electron chi connectivity index (χ2n) is 5.90. The molecule has 1 amide bonds. The van der Waals surface area contributed by atoms with Crippen molar-refractivity contribution in [3.8, 4) is 0 Å². The van der Waals surface area contributed by atoms with Crippen molar-refractivity contribution in [2.75, 3.05) is 17.2 Å². The molecule has 1 aromatic carbocycles. The van der Waals surface area contributed by atoms with Gasteiger partial charge in [0.2, 0.25) is 0 Å². The van der Waals surface area contributed by atoms with E-state index >= 15 is 0 Å². The number of rotatable bonds is 6. The van der Waals surface area contributed by atoms with Gasteiger partial charge in [-0.15, -0.1) is 11.3 Å². The van der Waals surface area contributed by atoms with Crippen LogP contribution in [0.2, 0.25) is 0 Å². The highest BCUT2D eigenvalue weighted by molar-refractivity contribution is 7.12. The number of thiophene rings is 1. The minimum absolute atomic E-state index is 0.109. The fraction of sp³-hybridized carbons (Fsp3) is 0.100. The number of hydrogen-bond acceptors (Lipinski definition) is 4. The van der Waals surface area contributed by atoms with Gasteiger partial charge in [-0.25, -0.2) is 4.98 Å². The van der Waals surface area contributed by atoms with Crippen LogP contribution in [0, 0.1) is 0 Å². The summed E-state index contributed by atoms with van der Waals surface area (Å²) in [4.78, 5) is 20.4. The van der Waals surface area contributed by atoms with Gasteiger partial charge in [-0.1, -0.05) is 24.3 Å². The van der Waals surface area contributed by atoms with Crippen LogP contribution in [0.25, 0.3) is 10.9 Å². The number of H-pyrrole nitrogens is 1. The number of carbonyl (C=O) groups is 1. The number of pyridine rings is 1. The van der Waals surface area contributed by atoms with Gasteiger partial charge in [0.1, 0.15) is 5.82 Å². The van der Waals surface area contributed by atoms with Crippen molar-refractivity contribution < 1.29 is 4.79 Å². The Labute approximate surface area is 155 Å². The summed E-state index contributed by atoms with van der Waals surface area (Å²) in [6, 6.07) is 15.7. The Morgan fingerprint density at radius 2 is 2.04 bits per heavy atom. The largest absolute Gasteiger partial charge is 0.370 e. The van der Waals surface area contributed by atoms with E-state index in [0.29, 0.717) is 10.6 Å². The van der Waals surface area contributed by atoms with Gasteiger partial charge in [-0.2, -0.15) is 0 Å². The van der Waals surface area contributed by atoms with E-state index in [4.69, 9.17) is 0 Å². The molecule has 0 aliphatic rings. The lowest BCUT2D eigenvalue weighted by Crippen LogP contribution is -2.11. The summed E-state index contributed by atoms with van der Waals surface area (Å²) in [7, 11) is 0. The SMILES string of the molecule is O=C(Nc1ccc(NCCc2c[nH]c3ccccc23)nc1)c1cccs1. The number of carbonyl (C=O) groups excluding carboxylic acids is 1. The molecule has 130 valence electrons. The number of aromatic nitrogens is 2. The number of hydrogen-bond donors (Lipinski definition) is 3. The average molecular weight is 362 g/mol. The predicted octanol–water partition coefficient (Wildman–Crippen LogP) is 4.53. The molecule has 3 aromatic heterocycles. The van der Waals surface area contributed by atoms with Crippen LogP contribution in [0.5, 0.6) is 0 Å². The summed E-state index contributed by atoms with van der Waals surface area (Å²) >= 11 is 1.42. The van der Waals surface area contributed by atoms with Crippen LogP contribution < -0.4 is 10.6 Å². The minimum atomic E-state index is -0.109. The number of para-hydroxylation sites is 1. The third-order valence-corrected chi connectivity index (χ3v) is 5.01. The first-order valence-electron chi connectivity index (χ1n) is 8.39. The van der Waals surface area contributed by atoms with Crippen LogP contribution in [-0.4, -0.2) is 22.4 Å². The maximum atomic E-state index is 12.0. The molecule has 4 aromatic rings. The summed E-state index contributed by atoms with van der Waals surface area (Å²) in [5.74, 6) is 0.681. The molecule has 0 atom stereocenters. The monoisotopic (exact) mass is 362 g/mol. The van der Waals surface area contributed by atoms with Crippen LogP contribution in [0.1, 0.15) is 15.2 Å². The van der Waals surface area contributed by atoms with Gasteiger partial charge >= 0.3 is 0 Å². The zero-order valence-electron chi connectivity index (χ0n) is 14.0. The van der Waals surface area contributed by atoms with Crippen molar-refractivity contribution in [1.29, 1.82) is 0 Å². The lowest BCUT2D eigenvalue weighted by Gasteiger charge is -2.07. The number of fused-ring (bicyclic) bond motifs is 1. The summed E-state index contributed by atoms with van der Waals surface area (Å²) in [6.07, 6.45) is 4.63. The zero-order chi connectivity index (χ0) is 17.8. The molecule has 4 rings (SSSR count). The van der Waals surface area contributed by atoms with Gasteiger partial charge < -0.3 is 15.6 Å². The highest BCUT2D eigenvalue weighted by atomic mass is 32.1. The van der Waals surface area contributed by atoms with E-state index in [1.165, 1.54) is 22.3 Å². The molecule has 0 aliphatic heterocycles. The predicted molar refractivity (Wildman–Crippen MR) is 107 cm³/mol. The lowest BCUT2D eigenvalue weighted by molar-refractivity contribution is 0.103. The lowest BCUT2D eigenvalue weighted by atomic mass is 10.1. The Hall–Kier alpha value is -3.12. The van der Waals surface area contributed by atoms with Gasteiger partial charge in [-0.05, 0) is 41.6 Å². The van der Waals surface area contributed by atoms with Gasteiger partial charge in [0.05, 0.1) is 16.8 Å². The van der Waals surface area contributed by atoms with Crippen molar-refractivity contribution in [2.24, 2.45) is 0 Å². The fourth-order valence-electron chi connectivity index (χ4n) is 2.84. The normalized spacial score (nSPS) is 10.8. The molecular weight excluding hydrogens is 344 g/mol. The maximum Gasteiger partial charge on any atom is 0.265 e. The first-order valence-corrected chi connectivity index (χ1v) is 9.27. The van der Waals surface area contributed by atoms with Crippen LogP contribution in [0.3, 0.4) is 0 Å². The van der Waals surface area contributed by atoms with E-state index in [-0.39, 0.29) is 5.91 Å². The third-order valence-electron chi connectivity index (χ3n) is 4.14. The molecule has 3 N–H and O–H groups in total. The summed E-state index contributed by atoms with van der Waals surface area (Å²) in [6.45, 7) is 0.787. The molecule has 0 saturated heterocycles. The van der Waals surface area contributed by atoms with Crippen molar-refractivity contribution in [3.05, 3.63) is 76.7 Å². The number of aromatic amines is 1. The Bertz CT molecular complexity index is 1010. The summed E-state index contributed by atoms with van der Waals surface area (Å²) in [5.41, 5.74) is 3.13. The molecule has 0 radical (unpaired) electrons. The zero-order valence-corrected chi connectivity index (χ0v) is 14.8. The van der Waals surface area contributed by atoms with Gasteiger partial charge in [0, 0.05) is 23.6 Å². The number of benzene rings is 1. The average Bonchev–Trinajstić information content (AvgIpc) is 3.34. The molecule has 0 aliphatic carbocycles. The molecule has 0 spiro atoms. The highest BCUT2D eigenvalue weighted by Crippen LogP contribution is 2.18. The van der Waals surface area contributed by atoms with E-state index in [0.717, 1.165) is 24.3 Å². The van der Waals surface area contributed by atoms with Crippen molar-refractivity contribution in [2.45, 2.75) is 6.42 Å². The fourth-order valence-corrected chi connectivity index (χ4v) is 3.46. The Morgan fingerprint density at radius 1 is 1.12 bits per heavy atom. The van der Waals surface area contributed by atoms with Crippen LogP contribution in [0.4, 0.5) is 11.5 Å². The van der Waals surface area contributed by atoms with E-state index < -0.39 is 0 Å². The molecule has 0 saturated carbocycles. The molecule has 6 heteroatoms. The number of amides is 1.